The summed E-state index contributed by atoms with van der Waals surface area (Å²) in [5.74, 6) is 0. The van der Waals surface area contributed by atoms with Gasteiger partial charge in [-0.15, -0.1) is 0 Å². The van der Waals surface area contributed by atoms with E-state index >= 15 is 0 Å². The monoisotopic (exact) mass is 227 g/mol. The smallest absolute Gasteiger partial charge is 0.0804 e. The highest BCUT2D eigenvalue weighted by atomic mass is 32.2. The van der Waals surface area contributed by atoms with Gasteiger partial charge in [0.25, 0.3) is 0 Å². The van der Waals surface area contributed by atoms with E-state index in [2.05, 4.69) is 4.99 Å². The lowest BCUT2D eigenvalue weighted by molar-refractivity contribution is 0.690. The quantitative estimate of drug-likeness (QED) is 0.670. The first-order chi connectivity index (χ1) is 7.84. The molecule has 3 rings (SSSR count). The van der Waals surface area contributed by atoms with Crippen LogP contribution in [0.4, 0.5) is 5.69 Å². The molecule has 0 saturated carbocycles. The maximum absolute atomic E-state index is 12.1. The van der Waals surface area contributed by atoms with Gasteiger partial charge < -0.3 is 0 Å². The molecule has 1 aliphatic heterocycles. The van der Waals surface area contributed by atoms with Crippen molar-refractivity contribution in [1.82, 2.24) is 0 Å². The van der Waals surface area contributed by atoms with Gasteiger partial charge in [-0.2, -0.15) is 0 Å². The second-order valence-electron chi connectivity index (χ2n) is 3.55. The van der Waals surface area contributed by atoms with Crippen LogP contribution in [-0.4, -0.2) is 4.21 Å². The van der Waals surface area contributed by atoms with Crippen LogP contribution in [0, 0.1) is 0 Å². The number of fused-ring (bicyclic) bond motifs is 2. The second-order valence-corrected chi connectivity index (χ2v) is 4.82. The van der Waals surface area contributed by atoms with E-state index in [4.69, 9.17) is 0 Å². The fraction of sp³-hybridized carbons (Fsp3) is 0. The van der Waals surface area contributed by atoms with Crippen LogP contribution in [0.2, 0.25) is 0 Å². The van der Waals surface area contributed by atoms with E-state index in [0.717, 1.165) is 21.2 Å². The molecule has 16 heavy (non-hydrogen) atoms. The van der Waals surface area contributed by atoms with E-state index in [1.807, 2.05) is 48.5 Å². The van der Waals surface area contributed by atoms with Crippen LogP contribution in [0.25, 0.3) is 5.41 Å². The van der Waals surface area contributed by atoms with Crippen molar-refractivity contribution >= 4 is 21.9 Å². The molecule has 1 aliphatic rings. The Hall–Kier alpha value is -1.74. The molecule has 0 N–H and O–H groups in total. The summed E-state index contributed by atoms with van der Waals surface area (Å²) in [6.07, 6.45) is 0. The van der Waals surface area contributed by atoms with Crippen LogP contribution in [-0.2, 0) is 10.8 Å². The maximum atomic E-state index is 12.1. The topological polar surface area (TPSA) is 29.4 Å². The maximum Gasteiger partial charge on any atom is 0.0804 e. The summed E-state index contributed by atoms with van der Waals surface area (Å²) in [5.41, 5.74) is 0.794. The number of hydrogen-bond acceptors (Lipinski definition) is 2. The Labute approximate surface area is 95.4 Å². The van der Waals surface area contributed by atoms with Gasteiger partial charge >= 0.3 is 0 Å². The second kappa shape index (κ2) is 3.68. The number of nitrogens with zero attached hydrogens (tertiary/aromatic N) is 1. The lowest BCUT2D eigenvalue weighted by atomic mass is 10.3. The van der Waals surface area contributed by atoms with Crippen LogP contribution < -0.4 is 10.6 Å². The fourth-order valence-electron chi connectivity index (χ4n) is 1.72. The Bertz CT molecular complexity index is 691. The molecule has 0 aliphatic carbocycles. The Balaban J connectivity index is 2.44. The van der Waals surface area contributed by atoms with Crippen LogP contribution in [0.3, 0.4) is 0 Å². The number of rotatable bonds is 0. The van der Waals surface area contributed by atoms with E-state index in [-0.39, 0.29) is 0 Å². The molecule has 0 amide bonds. The Morgan fingerprint density at radius 1 is 0.938 bits per heavy atom. The minimum absolute atomic E-state index is 0.777. The van der Waals surface area contributed by atoms with Crippen molar-refractivity contribution in [3.8, 4) is 0 Å². The Kier molecular flexibility index (Phi) is 2.18. The third-order valence-corrected chi connectivity index (χ3v) is 3.74. The number of hydrogen-bond donors (Lipinski definition) is 0. The largest absolute Gasteiger partial charge is 0.250 e. The lowest BCUT2D eigenvalue weighted by Crippen LogP contribution is -2.23. The summed E-state index contributed by atoms with van der Waals surface area (Å²) >= 11 is 0. The average molecular weight is 227 g/mol. The van der Waals surface area contributed by atoms with E-state index in [1.165, 1.54) is 0 Å². The van der Waals surface area contributed by atoms with Crippen LogP contribution >= 0.6 is 0 Å². The molecular formula is C13H9NOS. The van der Waals surface area contributed by atoms with Gasteiger partial charge in [0, 0.05) is 10.6 Å². The predicted octanol–water partition coefficient (Wildman–Crippen LogP) is 1.50. The minimum atomic E-state index is -1.11. The number of para-hydroxylation sites is 2. The minimum Gasteiger partial charge on any atom is -0.250 e. The van der Waals surface area contributed by atoms with Crippen molar-refractivity contribution in [3.63, 3.8) is 0 Å². The van der Waals surface area contributed by atoms with Gasteiger partial charge in [-0.1, -0.05) is 30.3 Å². The molecule has 2 nitrogen and oxygen atoms in total. The van der Waals surface area contributed by atoms with Crippen molar-refractivity contribution in [2.45, 2.75) is 4.90 Å². The summed E-state index contributed by atoms with van der Waals surface area (Å²) in [4.78, 5) is 5.31. The summed E-state index contributed by atoms with van der Waals surface area (Å²) in [6.45, 7) is 0. The Morgan fingerprint density at radius 3 is 2.62 bits per heavy atom. The highest BCUT2D eigenvalue weighted by Gasteiger charge is 2.08. The molecule has 0 fully saturated rings. The van der Waals surface area contributed by atoms with Gasteiger partial charge in [-0.3, -0.25) is 0 Å². The standard InChI is InChI=1S/C13H9NOS/c15-16-9-10-5-1-2-6-11(10)14-12-7-3-4-8-13(12)16/h1-9H. The van der Waals surface area contributed by atoms with E-state index in [9.17, 15) is 4.21 Å². The third kappa shape index (κ3) is 1.49. The molecular weight excluding hydrogens is 218 g/mol. The van der Waals surface area contributed by atoms with Gasteiger partial charge in [0.1, 0.15) is 0 Å². The van der Waals surface area contributed by atoms with E-state index in [1.54, 1.807) is 5.41 Å². The van der Waals surface area contributed by atoms with Gasteiger partial charge in [-0.25, -0.2) is 9.20 Å². The molecule has 1 atom stereocenters. The van der Waals surface area contributed by atoms with Crippen molar-refractivity contribution in [2.24, 2.45) is 4.99 Å². The third-order valence-electron chi connectivity index (χ3n) is 2.49. The molecule has 0 bridgehead atoms. The summed E-state index contributed by atoms with van der Waals surface area (Å²) in [6, 6.07) is 15.3. The highest BCUT2D eigenvalue weighted by molar-refractivity contribution is 7.92. The fourth-order valence-corrected chi connectivity index (χ4v) is 2.81. The molecule has 1 unspecified atom stereocenters. The lowest BCUT2D eigenvalue weighted by Gasteiger charge is -1.98. The summed E-state index contributed by atoms with van der Waals surface area (Å²) in [7, 11) is -1.11. The molecule has 0 radical (unpaired) electrons. The zero-order valence-electron chi connectivity index (χ0n) is 8.46. The molecule has 2 aromatic rings. The number of benzene rings is 2. The SMILES string of the molecule is O=S1C=c2ccccc2=Nc2ccccc21. The van der Waals surface area contributed by atoms with Crippen LogP contribution in [0.1, 0.15) is 0 Å². The Morgan fingerprint density at radius 2 is 1.69 bits per heavy atom. The van der Waals surface area contributed by atoms with E-state index < -0.39 is 10.8 Å². The predicted molar refractivity (Wildman–Crippen MR) is 64.2 cm³/mol. The van der Waals surface area contributed by atoms with E-state index in [0.29, 0.717) is 0 Å². The normalized spacial score (nSPS) is 17.4. The summed E-state index contributed by atoms with van der Waals surface area (Å²) < 4.78 is 12.1. The zero-order valence-corrected chi connectivity index (χ0v) is 9.28. The van der Waals surface area contributed by atoms with Crippen LogP contribution in [0.5, 0.6) is 0 Å². The molecule has 3 heteroatoms. The molecule has 0 spiro atoms. The highest BCUT2D eigenvalue weighted by Crippen LogP contribution is 2.22. The van der Waals surface area contributed by atoms with Crippen molar-refractivity contribution in [2.75, 3.05) is 0 Å². The first-order valence-electron chi connectivity index (χ1n) is 5.00. The molecule has 1 heterocycles. The van der Waals surface area contributed by atoms with Gasteiger partial charge in [-0.05, 0) is 18.2 Å². The van der Waals surface area contributed by atoms with Crippen molar-refractivity contribution in [3.05, 3.63) is 59.1 Å². The van der Waals surface area contributed by atoms with Crippen molar-refractivity contribution < 1.29 is 4.21 Å². The first-order valence-corrected chi connectivity index (χ1v) is 6.21. The molecule has 0 aromatic heterocycles. The van der Waals surface area contributed by atoms with Gasteiger partial charge in [0.15, 0.2) is 0 Å². The molecule has 2 aromatic carbocycles. The molecule has 0 saturated heterocycles. The van der Waals surface area contributed by atoms with Gasteiger partial charge in [0.05, 0.1) is 26.7 Å². The average Bonchev–Trinajstić information content (AvgIpc) is 2.45. The zero-order chi connectivity index (χ0) is 11.0. The van der Waals surface area contributed by atoms with Crippen molar-refractivity contribution in [1.29, 1.82) is 0 Å². The van der Waals surface area contributed by atoms with Gasteiger partial charge in [0.2, 0.25) is 0 Å². The first kappa shape index (κ1) is 9.48. The van der Waals surface area contributed by atoms with Crippen LogP contribution in [0.15, 0.2) is 58.4 Å². The molecule has 78 valence electrons. The summed E-state index contributed by atoms with van der Waals surface area (Å²) in [5, 5.41) is 3.56.